The van der Waals surface area contributed by atoms with Gasteiger partial charge in [0, 0.05) is 6.61 Å². The molecule has 16 heavy (non-hydrogen) atoms. The standard InChI is InChI=1S/C6H15NO3.C2H7BO3/c1-4(8)7(5(2)9)6(3)10;1-2-6-3(4)5/h4-6,8-10H,1-3H3;4-5H,2H2,1H3. The molecule has 0 saturated carbocycles. The molecule has 7 nitrogen and oxygen atoms in total. The molecule has 0 rings (SSSR count). The lowest BCUT2D eigenvalue weighted by atomic mass is 10.3. The van der Waals surface area contributed by atoms with Crippen LogP contribution in [0.1, 0.15) is 27.7 Å². The second-order valence-electron chi connectivity index (χ2n) is 3.12. The van der Waals surface area contributed by atoms with Crippen LogP contribution in [0.25, 0.3) is 0 Å². The maximum Gasteiger partial charge on any atom is 0.633 e. The zero-order valence-corrected chi connectivity index (χ0v) is 10.1. The van der Waals surface area contributed by atoms with Gasteiger partial charge >= 0.3 is 7.32 Å². The summed E-state index contributed by atoms with van der Waals surface area (Å²) in [5.41, 5.74) is 0. The normalized spacial score (nSPS) is 16.1. The molecule has 0 amide bonds. The largest absolute Gasteiger partial charge is 0.633 e. The van der Waals surface area contributed by atoms with Gasteiger partial charge in [-0.2, -0.15) is 0 Å². The van der Waals surface area contributed by atoms with Gasteiger partial charge in [-0.25, -0.2) is 4.90 Å². The summed E-state index contributed by atoms with van der Waals surface area (Å²) in [4.78, 5) is 1.17. The Bertz CT molecular complexity index is 136. The molecule has 0 spiro atoms. The number of nitrogens with zero attached hydrogens (tertiary/aromatic N) is 1. The smallest absolute Gasteiger partial charge is 0.402 e. The minimum atomic E-state index is -1.60. The van der Waals surface area contributed by atoms with Gasteiger partial charge in [0.25, 0.3) is 0 Å². The molecular weight excluding hydrogens is 217 g/mol. The van der Waals surface area contributed by atoms with Gasteiger partial charge in [0.2, 0.25) is 0 Å². The van der Waals surface area contributed by atoms with Crippen LogP contribution < -0.4 is 0 Å². The summed E-state index contributed by atoms with van der Waals surface area (Å²) in [5.74, 6) is 0. The predicted octanol–water partition coefficient (Wildman–Crippen LogP) is -1.70. The lowest BCUT2D eigenvalue weighted by Crippen LogP contribution is -2.45. The van der Waals surface area contributed by atoms with Crippen molar-refractivity contribution in [2.75, 3.05) is 6.61 Å². The SMILES string of the molecule is CC(O)N(C(C)O)C(C)O.CCOB(O)O. The molecule has 0 bridgehead atoms. The first-order valence-electron chi connectivity index (χ1n) is 5.03. The highest BCUT2D eigenvalue weighted by atomic mass is 16.6. The van der Waals surface area contributed by atoms with Crippen molar-refractivity contribution in [3.8, 4) is 0 Å². The maximum absolute atomic E-state index is 8.96. The summed E-state index contributed by atoms with van der Waals surface area (Å²) < 4.78 is 4.15. The summed E-state index contributed by atoms with van der Waals surface area (Å²) >= 11 is 0. The van der Waals surface area contributed by atoms with E-state index in [9.17, 15) is 0 Å². The van der Waals surface area contributed by atoms with E-state index in [0.29, 0.717) is 6.61 Å². The van der Waals surface area contributed by atoms with Crippen LogP contribution in [0.5, 0.6) is 0 Å². The first-order chi connectivity index (χ1) is 7.23. The average molecular weight is 239 g/mol. The van der Waals surface area contributed by atoms with Crippen molar-refractivity contribution < 1.29 is 30.0 Å². The zero-order chi connectivity index (χ0) is 13.3. The Balaban J connectivity index is 0. The molecular formula is C8H22BNO6. The number of aliphatic hydroxyl groups is 3. The predicted molar refractivity (Wildman–Crippen MR) is 58.7 cm³/mol. The van der Waals surface area contributed by atoms with Crippen molar-refractivity contribution in [1.29, 1.82) is 0 Å². The fourth-order valence-corrected chi connectivity index (χ4v) is 1.09. The van der Waals surface area contributed by atoms with Crippen LogP contribution in [0, 0.1) is 0 Å². The lowest BCUT2D eigenvalue weighted by Gasteiger charge is -2.30. The summed E-state index contributed by atoms with van der Waals surface area (Å²) in [6, 6.07) is 0. The summed E-state index contributed by atoms with van der Waals surface area (Å²) in [5, 5.41) is 42.6. The molecule has 8 heteroatoms. The highest BCUT2D eigenvalue weighted by molar-refractivity contribution is 6.32. The maximum atomic E-state index is 8.96. The quantitative estimate of drug-likeness (QED) is 0.287. The third kappa shape index (κ3) is 10.3. The lowest BCUT2D eigenvalue weighted by molar-refractivity contribution is -0.159. The molecule has 98 valence electrons. The summed E-state index contributed by atoms with van der Waals surface area (Å²) in [6.07, 6.45) is -2.50. The Morgan fingerprint density at radius 1 is 1.00 bits per heavy atom. The van der Waals surface area contributed by atoms with E-state index < -0.39 is 26.0 Å². The van der Waals surface area contributed by atoms with Crippen molar-refractivity contribution >= 4 is 7.32 Å². The van der Waals surface area contributed by atoms with Crippen LogP contribution in [-0.4, -0.2) is 62.9 Å². The van der Waals surface area contributed by atoms with E-state index in [1.165, 1.54) is 25.7 Å². The Kier molecular flexibility index (Phi) is 11.3. The molecule has 5 N–H and O–H groups in total. The van der Waals surface area contributed by atoms with Gasteiger partial charge in [-0.05, 0) is 27.7 Å². The number of aliphatic hydroxyl groups excluding tert-OH is 3. The van der Waals surface area contributed by atoms with Gasteiger partial charge in [0.05, 0.1) is 0 Å². The topological polar surface area (TPSA) is 114 Å². The van der Waals surface area contributed by atoms with E-state index in [2.05, 4.69) is 4.65 Å². The second kappa shape index (κ2) is 9.97. The van der Waals surface area contributed by atoms with E-state index in [1.54, 1.807) is 6.92 Å². The van der Waals surface area contributed by atoms with Crippen LogP contribution >= 0.6 is 0 Å². The van der Waals surface area contributed by atoms with Crippen LogP contribution in [0.3, 0.4) is 0 Å². The van der Waals surface area contributed by atoms with Gasteiger partial charge in [-0.1, -0.05) is 0 Å². The molecule has 0 aromatic carbocycles. The number of rotatable bonds is 5. The summed E-state index contributed by atoms with van der Waals surface area (Å²) in [7, 11) is -1.60. The second-order valence-corrected chi connectivity index (χ2v) is 3.12. The molecule has 0 aromatic rings. The van der Waals surface area contributed by atoms with Crippen LogP contribution in [0.15, 0.2) is 0 Å². The molecule has 3 atom stereocenters. The van der Waals surface area contributed by atoms with Gasteiger partial charge in [0.1, 0.15) is 18.7 Å². The molecule has 0 saturated heterocycles. The molecule has 0 aliphatic carbocycles. The van der Waals surface area contributed by atoms with Crippen molar-refractivity contribution in [2.45, 2.75) is 46.4 Å². The van der Waals surface area contributed by atoms with Gasteiger partial charge < -0.3 is 30.0 Å². The third-order valence-electron chi connectivity index (χ3n) is 1.61. The van der Waals surface area contributed by atoms with E-state index in [1.807, 2.05) is 0 Å². The first kappa shape index (κ1) is 18.2. The zero-order valence-electron chi connectivity index (χ0n) is 10.1. The minimum Gasteiger partial charge on any atom is -0.402 e. The average Bonchev–Trinajstić information content (AvgIpc) is 2.00. The molecule has 0 aliphatic rings. The fourth-order valence-electron chi connectivity index (χ4n) is 1.09. The van der Waals surface area contributed by atoms with E-state index >= 15 is 0 Å². The van der Waals surface area contributed by atoms with E-state index in [4.69, 9.17) is 25.4 Å². The van der Waals surface area contributed by atoms with Crippen molar-refractivity contribution in [1.82, 2.24) is 4.90 Å². The molecule has 0 heterocycles. The molecule has 0 aliphatic heterocycles. The van der Waals surface area contributed by atoms with E-state index in [-0.39, 0.29) is 0 Å². The van der Waals surface area contributed by atoms with E-state index in [0.717, 1.165) is 0 Å². The van der Waals surface area contributed by atoms with Crippen molar-refractivity contribution in [3.63, 3.8) is 0 Å². The number of hydrogen-bond donors (Lipinski definition) is 5. The summed E-state index contributed by atoms with van der Waals surface area (Å²) in [6.45, 7) is 6.47. The molecule has 0 fully saturated rings. The van der Waals surface area contributed by atoms with Gasteiger partial charge in [-0.15, -0.1) is 0 Å². The molecule has 3 unspecified atom stereocenters. The molecule has 0 aromatic heterocycles. The fraction of sp³-hybridized carbons (Fsp3) is 1.00. The van der Waals surface area contributed by atoms with Crippen LogP contribution in [-0.2, 0) is 4.65 Å². The van der Waals surface area contributed by atoms with Gasteiger partial charge in [0.15, 0.2) is 0 Å². The van der Waals surface area contributed by atoms with Crippen LogP contribution in [0.4, 0.5) is 0 Å². The van der Waals surface area contributed by atoms with Crippen LogP contribution in [0.2, 0.25) is 0 Å². The Morgan fingerprint density at radius 3 is 1.31 bits per heavy atom. The first-order valence-corrected chi connectivity index (χ1v) is 5.03. The Labute approximate surface area is 96.1 Å². The van der Waals surface area contributed by atoms with Crippen molar-refractivity contribution in [3.05, 3.63) is 0 Å². The highest BCUT2D eigenvalue weighted by Crippen LogP contribution is 2.04. The minimum absolute atomic E-state index is 0.331. The van der Waals surface area contributed by atoms with Crippen molar-refractivity contribution in [2.24, 2.45) is 0 Å². The number of hydrogen-bond acceptors (Lipinski definition) is 7. The Morgan fingerprint density at radius 2 is 1.31 bits per heavy atom. The monoisotopic (exact) mass is 239 g/mol. The highest BCUT2D eigenvalue weighted by Gasteiger charge is 2.20. The van der Waals surface area contributed by atoms with Gasteiger partial charge in [-0.3, -0.25) is 0 Å². The molecule has 0 radical (unpaired) electrons. The Hall–Kier alpha value is -0.215. The third-order valence-corrected chi connectivity index (χ3v) is 1.61.